The van der Waals surface area contributed by atoms with Crippen molar-refractivity contribution in [3.63, 3.8) is 0 Å². The van der Waals surface area contributed by atoms with Crippen molar-refractivity contribution in [1.29, 1.82) is 0 Å². The van der Waals surface area contributed by atoms with Gasteiger partial charge in [0.15, 0.2) is 5.12 Å². The fourth-order valence-electron chi connectivity index (χ4n) is 1.74. The third-order valence-electron chi connectivity index (χ3n) is 2.46. The van der Waals surface area contributed by atoms with Gasteiger partial charge in [-0.3, -0.25) is 4.79 Å². The number of rotatable bonds is 0. The quantitative estimate of drug-likeness (QED) is 0.648. The van der Waals surface area contributed by atoms with Gasteiger partial charge in [-0.15, -0.1) is 0 Å². The van der Waals surface area contributed by atoms with Crippen molar-refractivity contribution in [3.05, 3.63) is 29.3 Å². The summed E-state index contributed by atoms with van der Waals surface area (Å²) in [5, 5.41) is 0.275. The van der Waals surface area contributed by atoms with E-state index < -0.39 is 0 Å². The number of hydrogen-bond acceptors (Lipinski definition) is 2. The largest absolute Gasteiger partial charge is 0.286 e. The molecule has 0 aliphatic carbocycles. The molecule has 0 atom stereocenters. The fourth-order valence-corrected chi connectivity index (χ4v) is 2.95. The summed E-state index contributed by atoms with van der Waals surface area (Å²) >= 11 is 1.41. The topological polar surface area (TPSA) is 17.1 Å². The number of hydrogen-bond donors (Lipinski definition) is 0. The first kappa shape index (κ1) is 9.78. The zero-order valence-electron chi connectivity index (χ0n) is 8.76. The number of carbonyl (C=O) groups excluding carboxylic acids is 1. The molecular weight excluding hydrogens is 192 g/mol. The van der Waals surface area contributed by atoms with Crippen LogP contribution < -0.4 is 0 Å². The van der Waals surface area contributed by atoms with Crippen molar-refractivity contribution in [1.82, 2.24) is 0 Å². The van der Waals surface area contributed by atoms with E-state index >= 15 is 0 Å². The lowest BCUT2D eigenvalue weighted by molar-refractivity contribution is -0.110. The standard InChI is InChI=1S/C12H14OS/c1-12(2,3)9-6-4-5-8-7-10(13)14-11(8)9/h4-6H,7H2,1-3H3. The van der Waals surface area contributed by atoms with Crippen LogP contribution in [0.1, 0.15) is 31.9 Å². The Balaban J connectivity index is 2.55. The van der Waals surface area contributed by atoms with E-state index in [0.29, 0.717) is 6.42 Å². The molecule has 1 aromatic rings. The average molecular weight is 206 g/mol. The van der Waals surface area contributed by atoms with Crippen molar-refractivity contribution in [3.8, 4) is 0 Å². The van der Waals surface area contributed by atoms with Crippen LogP contribution in [0.25, 0.3) is 0 Å². The van der Waals surface area contributed by atoms with E-state index in [1.165, 1.54) is 27.8 Å². The first-order valence-corrected chi connectivity index (χ1v) is 5.63. The zero-order chi connectivity index (χ0) is 10.3. The summed E-state index contributed by atoms with van der Waals surface area (Å²) in [4.78, 5) is 12.5. The normalized spacial score (nSPS) is 15.8. The average Bonchev–Trinajstić information content (AvgIpc) is 2.41. The van der Waals surface area contributed by atoms with Gasteiger partial charge in [-0.25, -0.2) is 0 Å². The van der Waals surface area contributed by atoms with E-state index in [1.807, 2.05) is 0 Å². The summed E-state index contributed by atoms with van der Waals surface area (Å²) in [6.45, 7) is 6.56. The summed E-state index contributed by atoms with van der Waals surface area (Å²) in [5.41, 5.74) is 2.63. The minimum atomic E-state index is 0.128. The predicted octanol–water partition coefficient (Wildman–Crippen LogP) is 3.16. The Hall–Kier alpha value is -0.760. The summed E-state index contributed by atoms with van der Waals surface area (Å²) in [6.07, 6.45) is 0.601. The van der Waals surface area contributed by atoms with E-state index in [1.54, 1.807) is 0 Å². The van der Waals surface area contributed by atoms with Crippen LogP contribution in [0.4, 0.5) is 0 Å². The summed E-state index contributed by atoms with van der Waals surface area (Å²) in [7, 11) is 0. The van der Waals surface area contributed by atoms with Gasteiger partial charge in [0, 0.05) is 11.3 Å². The molecule has 0 N–H and O–H groups in total. The minimum absolute atomic E-state index is 0.128. The second-order valence-electron chi connectivity index (χ2n) is 4.69. The maximum atomic E-state index is 11.3. The highest BCUT2D eigenvalue weighted by molar-refractivity contribution is 8.14. The lowest BCUT2D eigenvalue weighted by atomic mass is 9.86. The molecule has 0 aromatic heterocycles. The number of fused-ring (bicyclic) bond motifs is 1. The first-order chi connectivity index (χ1) is 6.48. The molecule has 2 heteroatoms. The molecule has 0 fully saturated rings. The Bertz CT molecular complexity index is 388. The molecule has 74 valence electrons. The Kier molecular flexibility index (Phi) is 2.18. The Labute approximate surface area is 88.9 Å². The van der Waals surface area contributed by atoms with E-state index in [-0.39, 0.29) is 10.5 Å². The van der Waals surface area contributed by atoms with Gasteiger partial charge in [-0.1, -0.05) is 50.7 Å². The smallest absolute Gasteiger partial charge is 0.198 e. The van der Waals surface area contributed by atoms with Crippen LogP contribution in [0, 0.1) is 0 Å². The van der Waals surface area contributed by atoms with E-state index in [2.05, 4.69) is 39.0 Å². The predicted molar refractivity (Wildman–Crippen MR) is 59.7 cm³/mol. The molecule has 1 aliphatic heterocycles. The molecule has 1 aliphatic rings. The second-order valence-corrected chi connectivity index (χ2v) is 5.76. The second kappa shape index (κ2) is 3.13. The van der Waals surface area contributed by atoms with E-state index in [9.17, 15) is 4.79 Å². The third-order valence-corrected chi connectivity index (χ3v) is 3.51. The highest BCUT2D eigenvalue weighted by Gasteiger charge is 2.26. The molecule has 1 aromatic carbocycles. The third kappa shape index (κ3) is 1.59. The van der Waals surface area contributed by atoms with Gasteiger partial charge in [0.1, 0.15) is 0 Å². The molecule has 0 saturated carbocycles. The zero-order valence-corrected chi connectivity index (χ0v) is 9.57. The van der Waals surface area contributed by atoms with Gasteiger partial charge in [-0.2, -0.15) is 0 Å². The maximum Gasteiger partial charge on any atom is 0.198 e. The van der Waals surface area contributed by atoms with Crippen molar-refractivity contribution in [2.24, 2.45) is 0 Å². The van der Waals surface area contributed by atoms with E-state index in [0.717, 1.165) is 0 Å². The lowest BCUT2D eigenvalue weighted by Crippen LogP contribution is -2.12. The van der Waals surface area contributed by atoms with Gasteiger partial charge in [0.25, 0.3) is 0 Å². The van der Waals surface area contributed by atoms with Crippen LogP contribution in [0.3, 0.4) is 0 Å². The highest BCUT2D eigenvalue weighted by Crippen LogP contribution is 2.40. The van der Waals surface area contributed by atoms with Crippen LogP contribution in [0.5, 0.6) is 0 Å². The fraction of sp³-hybridized carbons (Fsp3) is 0.417. The van der Waals surface area contributed by atoms with Gasteiger partial charge in [0.2, 0.25) is 0 Å². The minimum Gasteiger partial charge on any atom is -0.286 e. The van der Waals surface area contributed by atoms with Gasteiger partial charge < -0.3 is 0 Å². The summed E-state index contributed by atoms with van der Waals surface area (Å²) < 4.78 is 0. The van der Waals surface area contributed by atoms with Crippen molar-refractivity contribution in [2.75, 3.05) is 0 Å². The van der Waals surface area contributed by atoms with Crippen molar-refractivity contribution in [2.45, 2.75) is 37.5 Å². The van der Waals surface area contributed by atoms with Gasteiger partial charge in [0.05, 0.1) is 0 Å². The first-order valence-electron chi connectivity index (χ1n) is 4.81. The van der Waals surface area contributed by atoms with Crippen molar-refractivity contribution >= 4 is 16.9 Å². The van der Waals surface area contributed by atoms with Crippen LogP contribution in [0.2, 0.25) is 0 Å². The molecule has 1 heterocycles. The number of benzene rings is 1. The summed E-state index contributed by atoms with van der Waals surface area (Å²) in [5.74, 6) is 0. The Morgan fingerprint density at radius 1 is 1.29 bits per heavy atom. The SMILES string of the molecule is CC(C)(C)c1cccc2c1SC(=O)C2. The molecular formula is C12H14OS. The van der Waals surface area contributed by atoms with Gasteiger partial charge >= 0.3 is 0 Å². The van der Waals surface area contributed by atoms with Crippen LogP contribution in [-0.2, 0) is 16.6 Å². The van der Waals surface area contributed by atoms with E-state index in [4.69, 9.17) is 0 Å². The molecule has 2 rings (SSSR count). The molecule has 0 radical (unpaired) electrons. The molecule has 14 heavy (non-hydrogen) atoms. The maximum absolute atomic E-state index is 11.3. The molecule has 0 spiro atoms. The van der Waals surface area contributed by atoms with Crippen molar-refractivity contribution < 1.29 is 4.79 Å². The summed E-state index contributed by atoms with van der Waals surface area (Å²) in [6, 6.07) is 6.24. The molecule has 1 nitrogen and oxygen atoms in total. The molecule has 0 bridgehead atoms. The number of thioether (sulfide) groups is 1. The van der Waals surface area contributed by atoms with Gasteiger partial charge in [-0.05, 0) is 16.5 Å². The van der Waals surface area contributed by atoms with Crippen LogP contribution >= 0.6 is 11.8 Å². The molecule has 0 saturated heterocycles. The number of carbonyl (C=O) groups is 1. The van der Waals surface area contributed by atoms with Crippen LogP contribution in [-0.4, -0.2) is 5.12 Å². The lowest BCUT2D eigenvalue weighted by Gasteiger charge is -2.21. The monoisotopic (exact) mass is 206 g/mol. The van der Waals surface area contributed by atoms with Crippen LogP contribution in [0.15, 0.2) is 23.1 Å². The molecule has 0 amide bonds. The molecule has 0 unspecified atom stereocenters. The Morgan fingerprint density at radius 2 is 2.00 bits per heavy atom. The highest BCUT2D eigenvalue weighted by atomic mass is 32.2. The Morgan fingerprint density at radius 3 is 2.64 bits per heavy atom.